The predicted octanol–water partition coefficient (Wildman–Crippen LogP) is 4.69. The third-order valence-corrected chi connectivity index (χ3v) is 4.52. The Bertz CT molecular complexity index is 1040. The molecule has 0 spiro atoms. The van der Waals surface area contributed by atoms with Crippen molar-refractivity contribution in [3.8, 4) is 17.1 Å². The van der Waals surface area contributed by atoms with Crippen molar-refractivity contribution in [2.45, 2.75) is 24.0 Å². The molecule has 2 heterocycles. The molecule has 2 aromatic heterocycles. The Hall–Kier alpha value is -3.20. The van der Waals surface area contributed by atoms with E-state index in [0.717, 1.165) is 5.56 Å². The maximum absolute atomic E-state index is 13.0. The second-order valence-electron chi connectivity index (χ2n) is 5.79. The van der Waals surface area contributed by atoms with Gasteiger partial charge in [-0.05, 0) is 31.2 Å². The van der Waals surface area contributed by atoms with Gasteiger partial charge in [0.25, 0.3) is 11.1 Å². The predicted molar refractivity (Wildman–Crippen MR) is 99.0 cm³/mol. The van der Waals surface area contributed by atoms with Crippen LogP contribution in [-0.2, 0) is 5.75 Å². The first-order chi connectivity index (χ1) is 13.7. The molecule has 0 bridgehead atoms. The van der Waals surface area contributed by atoms with Crippen LogP contribution in [0.15, 0.2) is 68.8 Å². The van der Waals surface area contributed by atoms with Gasteiger partial charge in [0.1, 0.15) is 11.6 Å². The molecule has 0 aliphatic rings. The van der Waals surface area contributed by atoms with E-state index in [1.807, 2.05) is 30.3 Å². The molecule has 4 rings (SSSR count). The fourth-order valence-corrected chi connectivity index (χ4v) is 2.96. The lowest BCUT2D eigenvalue weighted by Gasteiger charge is -2.10. The average molecular weight is 398 g/mol. The second kappa shape index (κ2) is 8.22. The van der Waals surface area contributed by atoms with E-state index in [0.29, 0.717) is 34.3 Å². The van der Waals surface area contributed by atoms with Crippen LogP contribution < -0.4 is 4.74 Å². The van der Waals surface area contributed by atoms with Gasteiger partial charge in [-0.15, -0.1) is 10.2 Å². The SMILES string of the molecule is CC(Oc1ccc(F)cc1)c1nnc(SCc2nc(-c3ccccc3)no2)o1. The molecule has 0 fully saturated rings. The molecular weight excluding hydrogens is 383 g/mol. The molecule has 4 aromatic rings. The molecule has 7 nitrogen and oxygen atoms in total. The third kappa shape index (κ3) is 4.37. The summed E-state index contributed by atoms with van der Waals surface area (Å²) in [4.78, 5) is 4.36. The van der Waals surface area contributed by atoms with Crippen LogP contribution in [0.25, 0.3) is 11.4 Å². The van der Waals surface area contributed by atoms with E-state index < -0.39 is 6.10 Å². The van der Waals surface area contributed by atoms with Crippen molar-refractivity contribution in [1.29, 1.82) is 0 Å². The van der Waals surface area contributed by atoms with Gasteiger partial charge in [0, 0.05) is 5.56 Å². The molecule has 0 N–H and O–H groups in total. The molecule has 0 radical (unpaired) electrons. The Morgan fingerprint density at radius 2 is 1.86 bits per heavy atom. The average Bonchev–Trinajstić information content (AvgIpc) is 3.38. The van der Waals surface area contributed by atoms with Gasteiger partial charge < -0.3 is 13.7 Å². The highest BCUT2D eigenvalue weighted by molar-refractivity contribution is 7.98. The van der Waals surface area contributed by atoms with E-state index in [9.17, 15) is 4.39 Å². The van der Waals surface area contributed by atoms with Gasteiger partial charge >= 0.3 is 0 Å². The zero-order chi connectivity index (χ0) is 19.3. The summed E-state index contributed by atoms with van der Waals surface area (Å²) in [5.74, 6) is 1.90. The molecule has 28 heavy (non-hydrogen) atoms. The zero-order valence-electron chi connectivity index (χ0n) is 14.8. The van der Waals surface area contributed by atoms with Gasteiger partial charge in [-0.25, -0.2) is 4.39 Å². The maximum Gasteiger partial charge on any atom is 0.277 e. The highest BCUT2D eigenvalue weighted by atomic mass is 32.2. The molecule has 0 aliphatic carbocycles. The quantitative estimate of drug-likeness (QED) is 0.414. The van der Waals surface area contributed by atoms with E-state index in [1.54, 1.807) is 6.92 Å². The first-order valence-electron chi connectivity index (χ1n) is 8.44. The molecule has 0 saturated heterocycles. The lowest BCUT2D eigenvalue weighted by Crippen LogP contribution is -2.03. The van der Waals surface area contributed by atoms with Gasteiger partial charge in [-0.1, -0.05) is 47.3 Å². The van der Waals surface area contributed by atoms with Gasteiger partial charge in [-0.3, -0.25) is 0 Å². The monoisotopic (exact) mass is 398 g/mol. The van der Waals surface area contributed by atoms with Crippen LogP contribution in [0.1, 0.15) is 24.8 Å². The second-order valence-corrected chi connectivity index (χ2v) is 6.71. The van der Waals surface area contributed by atoms with Crippen LogP contribution in [0.4, 0.5) is 4.39 Å². The lowest BCUT2D eigenvalue weighted by molar-refractivity contribution is 0.181. The lowest BCUT2D eigenvalue weighted by atomic mass is 10.2. The number of hydrogen-bond donors (Lipinski definition) is 0. The van der Waals surface area contributed by atoms with Gasteiger partial charge in [0.2, 0.25) is 11.7 Å². The van der Waals surface area contributed by atoms with Gasteiger partial charge in [0.15, 0.2) is 6.10 Å². The standard InChI is InChI=1S/C19H15FN4O3S/c1-12(25-15-9-7-14(20)8-10-15)18-22-23-19(26-18)28-11-16-21-17(24-27-16)13-5-3-2-4-6-13/h2-10,12H,11H2,1H3. The topological polar surface area (TPSA) is 87.1 Å². The van der Waals surface area contributed by atoms with Crippen molar-refractivity contribution in [3.05, 3.63) is 72.2 Å². The number of benzene rings is 2. The summed E-state index contributed by atoms with van der Waals surface area (Å²) in [6.07, 6.45) is -0.472. The summed E-state index contributed by atoms with van der Waals surface area (Å²) in [7, 11) is 0. The Morgan fingerprint density at radius 1 is 1.07 bits per heavy atom. The number of hydrogen-bond acceptors (Lipinski definition) is 8. The number of ether oxygens (including phenoxy) is 1. The molecule has 1 atom stereocenters. The summed E-state index contributed by atoms with van der Waals surface area (Å²) in [6, 6.07) is 15.3. The first-order valence-corrected chi connectivity index (χ1v) is 9.42. The molecule has 142 valence electrons. The summed E-state index contributed by atoms with van der Waals surface area (Å²) >= 11 is 1.29. The summed E-state index contributed by atoms with van der Waals surface area (Å²) in [6.45, 7) is 1.77. The smallest absolute Gasteiger partial charge is 0.277 e. The number of thioether (sulfide) groups is 1. The minimum atomic E-state index is -0.472. The number of nitrogens with zero attached hydrogens (tertiary/aromatic N) is 4. The van der Waals surface area contributed by atoms with Crippen molar-refractivity contribution >= 4 is 11.8 Å². The summed E-state index contributed by atoms with van der Waals surface area (Å²) in [5, 5.41) is 12.3. The Labute approximate surface area is 163 Å². The third-order valence-electron chi connectivity index (χ3n) is 3.72. The Kier molecular flexibility index (Phi) is 5.34. The van der Waals surface area contributed by atoms with Gasteiger partial charge in [0.05, 0.1) is 5.75 Å². The van der Waals surface area contributed by atoms with Crippen LogP contribution in [0, 0.1) is 5.82 Å². The van der Waals surface area contributed by atoms with Crippen LogP contribution >= 0.6 is 11.8 Å². The molecule has 1 unspecified atom stereocenters. The van der Waals surface area contributed by atoms with Crippen molar-refractivity contribution < 1.29 is 18.1 Å². The van der Waals surface area contributed by atoms with Gasteiger partial charge in [-0.2, -0.15) is 4.98 Å². The molecular formula is C19H15FN4O3S. The summed E-state index contributed by atoms with van der Waals surface area (Å²) in [5.41, 5.74) is 0.884. The molecule has 0 amide bonds. The van der Waals surface area contributed by atoms with Crippen LogP contribution in [0.3, 0.4) is 0 Å². The van der Waals surface area contributed by atoms with Crippen molar-refractivity contribution in [2.75, 3.05) is 0 Å². The fraction of sp³-hybridized carbons (Fsp3) is 0.158. The van der Waals surface area contributed by atoms with Crippen LogP contribution in [-0.4, -0.2) is 20.3 Å². The van der Waals surface area contributed by atoms with E-state index >= 15 is 0 Å². The molecule has 0 aliphatic heterocycles. The molecule has 9 heteroatoms. The maximum atomic E-state index is 13.0. The van der Waals surface area contributed by atoms with E-state index in [1.165, 1.54) is 36.0 Å². The Morgan fingerprint density at radius 3 is 2.64 bits per heavy atom. The fourth-order valence-electron chi connectivity index (χ4n) is 2.35. The highest BCUT2D eigenvalue weighted by Gasteiger charge is 2.17. The normalized spacial score (nSPS) is 12.1. The van der Waals surface area contributed by atoms with E-state index in [4.69, 9.17) is 13.7 Å². The highest BCUT2D eigenvalue weighted by Crippen LogP contribution is 2.26. The van der Waals surface area contributed by atoms with Crippen molar-refractivity contribution in [1.82, 2.24) is 20.3 Å². The number of rotatable bonds is 7. The molecule has 0 saturated carbocycles. The largest absolute Gasteiger partial charge is 0.481 e. The van der Waals surface area contributed by atoms with E-state index in [2.05, 4.69) is 20.3 Å². The van der Waals surface area contributed by atoms with Crippen molar-refractivity contribution in [3.63, 3.8) is 0 Å². The minimum Gasteiger partial charge on any atom is -0.481 e. The zero-order valence-corrected chi connectivity index (χ0v) is 15.6. The minimum absolute atomic E-state index is 0.322. The first kappa shape index (κ1) is 18.2. The number of aromatic nitrogens is 4. The Balaban J connectivity index is 1.35. The molecule has 2 aromatic carbocycles. The van der Waals surface area contributed by atoms with Crippen molar-refractivity contribution in [2.24, 2.45) is 0 Å². The van der Waals surface area contributed by atoms with Crippen LogP contribution in [0.2, 0.25) is 0 Å². The number of halogens is 1. The summed E-state index contributed by atoms with van der Waals surface area (Å²) < 4.78 is 29.5. The van der Waals surface area contributed by atoms with Crippen LogP contribution in [0.5, 0.6) is 5.75 Å². The van der Waals surface area contributed by atoms with E-state index in [-0.39, 0.29) is 5.82 Å².